The van der Waals surface area contributed by atoms with E-state index >= 15 is 0 Å². The molecule has 0 radical (unpaired) electrons. The molecule has 0 atom stereocenters. The number of rotatable bonds is 3. The third kappa shape index (κ3) is 12.3. The van der Waals surface area contributed by atoms with Gasteiger partial charge in [0.2, 0.25) is 0 Å². The van der Waals surface area contributed by atoms with Gasteiger partial charge in [-0.25, -0.2) is 4.79 Å². The first-order valence-corrected chi connectivity index (χ1v) is 10.5. The molecule has 0 bridgehead atoms. The fourth-order valence-electron chi connectivity index (χ4n) is 1.20. The van der Waals surface area contributed by atoms with Crippen LogP contribution in [0.15, 0.2) is 31.8 Å². The Kier molecular flexibility index (Phi) is 12.2. The molecule has 0 saturated heterocycles. The normalized spacial score (nSPS) is 9.80. The molecule has 1 amide bonds. The predicted octanol–water partition coefficient (Wildman–Crippen LogP) is 5.21. The fraction of sp³-hybridized carbons (Fsp3) is 0.375. The number of nitrogens with one attached hydrogen (secondary N) is 1. The number of carbonyl (C=O) groups is 2. The molecule has 0 spiro atoms. The Morgan fingerprint density at radius 2 is 1.40 bits per heavy atom. The van der Waals surface area contributed by atoms with Gasteiger partial charge in [0.1, 0.15) is 4.88 Å². The van der Waals surface area contributed by atoms with Gasteiger partial charge in [-0.2, -0.15) is 0 Å². The van der Waals surface area contributed by atoms with Gasteiger partial charge >= 0.3 is 5.97 Å². The van der Waals surface area contributed by atoms with Crippen molar-refractivity contribution < 1.29 is 14.7 Å². The van der Waals surface area contributed by atoms with Crippen LogP contribution in [-0.2, 0) is 0 Å². The number of hydrogen-bond donors (Lipinski definition) is 3. The Labute approximate surface area is 172 Å². The molecule has 25 heavy (non-hydrogen) atoms. The van der Waals surface area contributed by atoms with Crippen LogP contribution < -0.4 is 11.1 Å². The summed E-state index contributed by atoms with van der Waals surface area (Å²) in [6.45, 7) is 7.78. The summed E-state index contributed by atoms with van der Waals surface area (Å²) in [7, 11) is 0. The lowest BCUT2D eigenvalue weighted by Gasteiger charge is -2.05. The summed E-state index contributed by atoms with van der Waals surface area (Å²) >= 11 is 9.12. The zero-order valence-electron chi connectivity index (χ0n) is 14.4. The highest BCUT2D eigenvalue weighted by Gasteiger charge is 2.08. The van der Waals surface area contributed by atoms with Crippen molar-refractivity contribution in [3.05, 3.63) is 41.6 Å². The molecule has 2 aromatic rings. The second-order valence-electron chi connectivity index (χ2n) is 5.38. The first-order valence-electron chi connectivity index (χ1n) is 7.33. The van der Waals surface area contributed by atoms with Gasteiger partial charge in [-0.3, -0.25) is 4.79 Å². The van der Waals surface area contributed by atoms with Gasteiger partial charge < -0.3 is 16.2 Å². The minimum Gasteiger partial charge on any atom is -0.477 e. The molecule has 2 aromatic heterocycles. The summed E-state index contributed by atoms with van der Waals surface area (Å²) in [5.74, 6) is -0.869. The van der Waals surface area contributed by atoms with Crippen LogP contribution >= 0.6 is 54.5 Å². The van der Waals surface area contributed by atoms with E-state index in [1.54, 1.807) is 12.1 Å². The van der Waals surface area contributed by atoms with Gasteiger partial charge in [0.25, 0.3) is 5.91 Å². The molecular weight excluding hydrogens is 492 g/mol. The van der Waals surface area contributed by atoms with Crippen LogP contribution in [0.25, 0.3) is 0 Å². The number of aromatic carboxylic acids is 1. The van der Waals surface area contributed by atoms with Crippen molar-refractivity contribution in [3.63, 3.8) is 0 Å². The smallest absolute Gasteiger partial charge is 0.345 e. The summed E-state index contributed by atoms with van der Waals surface area (Å²) in [5, 5.41) is 11.2. The highest BCUT2D eigenvalue weighted by molar-refractivity contribution is 9.11. The van der Waals surface area contributed by atoms with Crippen LogP contribution in [-0.4, -0.2) is 29.1 Å². The van der Waals surface area contributed by atoms with Crippen LogP contribution in [0.1, 0.15) is 47.0 Å². The molecule has 0 aromatic carbocycles. The summed E-state index contributed by atoms with van der Waals surface area (Å²) in [6.07, 6.45) is 0. The first-order chi connectivity index (χ1) is 11.5. The largest absolute Gasteiger partial charge is 0.477 e. The number of hydrogen-bond acceptors (Lipinski definition) is 5. The maximum Gasteiger partial charge on any atom is 0.345 e. The summed E-state index contributed by atoms with van der Waals surface area (Å²) in [4.78, 5) is 22.7. The Bertz CT molecular complexity index is 667. The minimum atomic E-state index is -0.870. The molecule has 2 rings (SSSR count). The van der Waals surface area contributed by atoms with E-state index in [-0.39, 0.29) is 11.9 Å². The van der Waals surface area contributed by atoms with E-state index in [4.69, 9.17) is 10.8 Å². The van der Waals surface area contributed by atoms with E-state index in [0.717, 1.165) is 12.4 Å². The second-order valence-corrected chi connectivity index (χ2v) is 10.3. The predicted molar refractivity (Wildman–Crippen MR) is 113 cm³/mol. The van der Waals surface area contributed by atoms with E-state index in [1.165, 1.54) is 22.7 Å². The molecule has 0 aliphatic heterocycles. The van der Waals surface area contributed by atoms with Crippen LogP contribution in [0.4, 0.5) is 0 Å². The number of thiophene rings is 2. The van der Waals surface area contributed by atoms with Crippen LogP contribution in [0.2, 0.25) is 0 Å². The lowest BCUT2D eigenvalue weighted by molar-refractivity contribution is 0.0702. The molecule has 0 fully saturated rings. The topological polar surface area (TPSA) is 92.4 Å². The van der Waals surface area contributed by atoms with Crippen molar-refractivity contribution in [3.8, 4) is 0 Å². The maximum atomic E-state index is 11.3. The van der Waals surface area contributed by atoms with Crippen molar-refractivity contribution >= 4 is 66.4 Å². The lowest BCUT2D eigenvalue weighted by atomic mass is 10.3. The molecule has 0 aliphatic rings. The summed E-state index contributed by atoms with van der Waals surface area (Å²) < 4.78 is 1.83. The molecule has 140 valence electrons. The van der Waals surface area contributed by atoms with Gasteiger partial charge in [-0.15, -0.1) is 22.7 Å². The minimum absolute atomic E-state index is 0.000648. The van der Waals surface area contributed by atoms with Gasteiger partial charge in [-0.1, -0.05) is 13.8 Å². The van der Waals surface area contributed by atoms with Crippen LogP contribution in [0.3, 0.4) is 0 Å². The monoisotopic (exact) mass is 512 g/mol. The standard InChI is InChI=1S/C8H10BrNOS.C5H3BrO2S.C3H9N/c1-5(2)10-8(11)6-3-4-7(9)12-6;6-4-2-1-3(9-4)5(7)8;1-3(2)4/h3-5H,1-2H3,(H,10,11);1-2H,(H,7,8);3H,4H2,1-2H3. The van der Waals surface area contributed by atoms with Gasteiger partial charge in [0, 0.05) is 6.04 Å². The lowest BCUT2D eigenvalue weighted by Crippen LogP contribution is -2.29. The Morgan fingerprint density at radius 1 is 1.00 bits per heavy atom. The second kappa shape index (κ2) is 12.6. The molecule has 0 saturated carbocycles. The van der Waals surface area contributed by atoms with E-state index in [9.17, 15) is 9.59 Å². The number of nitrogens with two attached hydrogens (primary N) is 1. The number of carboxylic acid groups (broad SMARTS) is 1. The SMILES string of the molecule is CC(C)N.CC(C)NC(=O)c1ccc(Br)s1.O=C(O)c1ccc(Br)s1. The Hall–Kier alpha value is -0.740. The average Bonchev–Trinajstić information content (AvgIpc) is 3.07. The molecule has 0 aliphatic carbocycles. The van der Waals surface area contributed by atoms with Gasteiger partial charge in [0.15, 0.2) is 0 Å². The molecule has 5 nitrogen and oxygen atoms in total. The first kappa shape index (κ1) is 24.3. The van der Waals surface area contributed by atoms with E-state index in [2.05, 4.69) is 37.2 Å². The molecule has 4 N–H and O–H groups in total. The third-order valence-corrected chi connectivity index (χ3v) is 5.23. The zero-order chi connectivity index (χ0) is 19.6. The quantitative estimate of drug-likeness (QED) is 0.525. The van der Waals surface area contributed by atoms with E-state index < -0.39 is 5.97 Å². The number of amides is 1. The number of carbonyl (C=O) groups excluding carboxylic acids is 1. The molecular formula is C16H22Br2N2O3S2. The zero-order valence-corrected chi connectivity index (χ0v) is 19.2. The van der Waals surface area contributed by atoms with Crippen molar-refractivity contribution in [1.29, 1.82) is 0 Å². The van der Waals surface area contributed by atoms with Gasteiger partial charge in [-0.05, 0) is 76.0 Å². The molecule has 9 heteroatoms. The van der Waals surface area contributed by atoms with Crippen molar-refractivity contribution in [2.75, 3.05) is 0 Å². The van der Waals surface area contributed by atoms with E-state index in [0.29, 0.717) is 10.9 Å². The fourth-order valence-corrected chi connectivity index (χ4v) is 3.71. The van der Waals surface area contributed by atoms with Crippen molar-refractivity contribution in [2.24, 2.45) is 5.73 Å². The number of halogens is 2. The maximum absolute atomic E-state index is 11.3. The average molecular weight is 514 g/mol. The Balaban J connectivity index is 0.000000391. The van der Waals surface area contributed by atoms with Gasteiger partial charge in [0.05, 0.1) is 12.4 Å². The summed E-state index contributed by atoms with van der Waals surface area (Å²) in [5.41, 5.74) is 5.11. The number of carboxylic acids is 1. The highest BCUT2D eigenvalue weighted by Crippen LogP contribution is 2.22. The molecule has 0 unspecified atom stereocenters. The van der Waals surface area contributed by atoms with Crippen molar-refractivity contribution in [1.82, 2.24) is 5.32 Å². The van der Waals surface area contributed by atoms with E-state index in [1.807, 2.05) is 39.8 Å². The molecule has 2 heterocycles. The Morgan fingerprint density at radius 3 is 1.64 bits per heavy atom. The van der Waals surface area contributed by atoms with Crippen LogP contribution in [0.5, 0.6) is 0 Å². The van der Waals surface area contributed by atoms with Crippen LogP contribution in [0, 0.1) is 0 Å². The highest BCUT2D eigenvalue weighted by atomic mass is 79.9. The summed E-state index contributed by atoms with van der Waals surface area (Å²) in [6, 6.07) is 7.50. The van der Waals surface area contributed by atoms with Crippen molar-refractivity contribution in [2.45, 2.75) is 39.8 Å². The third-order valence-electron chi connectivity index (χ3n) is 2.00.